The van der Waals surface area contributed by atoms with Crippen molar-refractivity contribution in [1.82, 2.24) is 4.83 Å². The van der Waals surface area contributed by atoms with Crippen LogP contribution in [0, 0.1) is 0 Å². The second-order valence-electron chi connectivity index (χ2n) is 5.08. The molecule has 24 heavy (non-hydrogen) atoms. The van der Waals surface area contributed by atoms with Gasteiger partial charge < -0.3 is 10.0 Å². The van der Waals surface area contributed by atoms with Gasteiger partial charge in [-0.1, -0.05) is 18.2 Å². The number of hydrazone groups is 1. The van der Waals surface area contributed by atoms with Gasteiger partial charge in [-0.05, 0) is 38.1 Å². The van der Waals surface area contributed by atoms with Crippen LogP contribution in [-0.4, -0.2) is 32.8 Å². The Kier molecular flexibility index (Phi) is 5.81. The molecule has 0 amide bonds. The summed E-state index contributed by atoms with van der Waals surface area (Å²) in [5.41, 5.74) is 1.33. The molecule has 6 nitrogen and oxygen atoms in total. The van der Waals surface area contributed by atoms with Crippen molar-refractivity contribution >= 4 is 21.9 Å². The summed E-state index contributed by atoms with van der Waals surface area (Å²) in [7, 11) is -3.71. The van der Waals surface area contributed by atoms with Gasteiger partial charge in [0.2, 0.25) is 0 Å². The van der Waals surface area contributed by atoms with Crippen molar-refractivity contribution in [2.24, 2.45) is 5.10 Å². The van der Waals surface area contributed by atoms with Crippen LogP contribution in [0.15, 0.2) is 58.5 Å². The molecule has 0 spiro atoms. The predicted molar refractivity (Wildman–Crippen MR) is 96.0 cm³/mol. The predicted octanol–water partition coefficient (Wildman–Crippen LogP) is 2.55. The molecule has 0 saturated heterocycles. The Hall–Kier alpha value is -2.54. The smallest absolute Gasteiger partial charge is 0.276 e. The maximum Gasteiger partial charge on any atom is 0.276 e. The lowest BCUT2D eigenvalue weighted by molar-refractivity contribution is 0.474. The zero-order chi connectivity index (χ0) is 17.6. The fourth-order valence-corrected chi connectivity index (χ4v) is 3.06. The van der Waals surface area contributed by atoms with Gasteiger partial charge in [0.15, 0.2) is 0 Å². The SMILES string of the molecule is CCN(CC)c1ccc(C=NNS(=O)(=O)c2ccccc2)c(O)c1. The number of phenols is 1. The molecule has 0 bridgehead atoms. The van der Waals surface area contributed by atoms with Gasteiger partial charge in [0, 0.05) is 30.4 Å². The van der Waals surface area contributed by atoms with Crippen molar-refractivity contribution in [2.75, 3.05) is 18.0 Å². The molecule has 0 atom stereocenters. The minimum atomic E-state index is -3.71. The number of hydrogen-bond acceptors (Lipinski definition) is 5. The van der Waals surface area contributed by atoms with Crippen LogP contribution >= 0.6 is 0 Å². The Balaban J connectivity index is 2.12. The van der Waals surface area contributed by atoms with E-state index >= 15 is 0 Å². The number of anilines is 1. The average molecular weight is 347 g/mol. The Bertz CT molecular complexity index is 801. The van der Waals surface area contributed by atoms with E-state index < -0.39 is 10.0 Å². The Morgan fingerprint density at radius 1 is 1.12 bits per heavy atom. The number of sulfonamides is 1. The van der Waals surface area contributed by atoms with E-state index in [4.69, 9.17) is 0 Å². The first-order chi connectivity index (χ1) is 11.5. The lowest BCUT2D eigenvalue weighted by Crippen LogP contribution is -2.21. The highest BCUT2D eigenvalue weighted by molar-refractivity contribution is 7.89. The summed E-state index contributed by atoms with van der Waals surface area (Å²) >= 11 is 0. The third-order valence-electron chi connectivity index (χ3n) is 3.57. The summed E-state index contributed by atoms with van der Waals surface area (Å²) in [6.07, 6.45) is 1.28. The van der Waals surface area contributed by atoms with Crippen LogP contribution in [0.5, 0.6) is 5.75 Å². The molecule has 2 N–H and O–H groups in total. The van der Waals surface area contributed by atoms with Gasteiger partial charge in [-0.15, -0.1) is 0 Å². The highest BCUT2D eigenvalue weighted by Crippen LogP contribution is 2.23. The third kappa shape index (κ3) is 4.26. The van der Waals surface area contributed by atoms with Crippen molar-refractivity contribution in [2.45, 2.75) is 18.7 Å². The minimum absolute atomic E-state index is 0.0436. The Morgan fingerprint density at radius 3 is 2.38 bits per heavy atom. The summed E-state index contributed by atoms with van der Waals surface area (Å²) in [6.45, 7) is 5.74. The molecule has 0 fully saturated rings. The first kappa shape index (κ1) is 17.8. The maximum absolute atomic E-state index is 12.0. The summed E-state index contributed by atoms with van der Waals surface area (Å²) < 4.78 is 24.1. The van der Waals surface area contributed by atoms with Gasteiger partial charge in [0.25, 0.3) is 10.0 Å². The third-order valence-corrected chi connectivity index (χ3v) is 4.81. The molecule has 0 heterocycles. The Labute approximate surface area is 142 Å². The summed E-state index contributed by atoms with van der Waals surface area (Å²) in [4.78, 5) is 4.35. The van der Waals surface area contributed by atoms with E-state index in [1.807, 2.05) is 19.9 Å². The highest BCUT2D eigenvalue weighted by atomic mass is 32.2. The van der Waals surface area contributed by atoms with Gasteiger partial charge in [-0.3, -0.25) is 0 Å². The second-order valence-corrected chi connectivity index (χ2v) is 6.74. The molecule has 2 rings (SSSR count). The standard InChI is InChI=1S/C17H21N3O3S/c1-3-20(4-2)15-11-10-14(17(21)12-15)13-18-19-24(22,23)16-8-6-5-7-9-16/h5-13,19,21H,3-4H2,1-2H3. The first-order valence-electron chi connectivity index (χ1n) is 7.65. The fraction of sp³-hybridized carbons (Fsp3) is 0.235. The summed E-state index contributed by atoms with van der Waals surface area (Å²) in [5, 5.41) is 13.8. The maximum atomic E-state index is 12.0. The fourth-order valence-electron chi connectivity index (χ4n) is 2.24. The van der Waals surface area contributed by atoms with Crippen molar-refractivity contribution in [3.05, 3.63) is 54.1 Å². The van der Waals surface area contributed by atoms with Gasteiger partial charge in [0.1, 0.15) is 5.75 Å². The van der Waals surface area contributed by atoms with Crippen LogP contribution in [-0.2, 0) is 10.0 Å². The minimum Gasteiger partial charge on any atom is -0.507 e. The largest absolute Gasteiger partial charge is 0.507 e. The summed E-state index contributed by atoms with van der Waals surface area (Å²) in [6, 6.07) is 13.2. The summed E-state index contributed by atoms with van der Waals surface area (Å²) in [5.74, 6) is 0.0436. The van der Waals surface area contributed by atoms with Crippen LogP contribution in [0.2, 0.25) is 0 Å². The van der Waals surface area contributed by atoms with Crippen LogP contribution < -0.4 is 9.73 Å². The number of nitrogens with one attached hydrogen (secondary N) is 1. The molecule has 0 radical (unpaired) electrons. The van der Waals surface area contributed by atoms with Crippen LogP contribution in [0.4, 0.5) is 5.69 Å². The number of aromatic hydroxyl groups is 1. The van der Waals surface area contributed by atoms with E-state index in [1.54, 1.807) is 30.3 Å². The average Bonchev–Trinajstić information content (AvgIpc) is 2.58. The quantitative estimate of drug-likeness (QED) is 0.596. The van der Waals surface area contributed by atoms with E-state index in [2.05, 4.69) is 14.8 Å². The molecule has 7 heteroatoms. The molecule has 0 unspecified atom stereocenters. The number of benzene rings is 2. The molecule has 2 aromatic carbocycles. The second kappa shape index (κ2) is 7.83. The molecule has 0 saturated carbocycles. The number of hydrogen-bond donors (Lipinski definition) is 2. The van der Waals surface area contributed by atoms with Gasteiger partial charge >= 0.3 is 0 Å². The first-order valence-corrected chi connectivity index (χ1v) is 9.14. The number of phenolic OH excluding ortho intramolecular Hbond substituents is 1. The van der Waals surface area contributed by atoms with Crippen molar-refractivity contribution in [3.8, 4) is 5.75 Å². The van der Waals surface area contributed by atoms with Crippen molar-refractivity contribution in [1.29, 1.82) is 0 Å². The van der Waals surface area contributed by atoms with E-state index in [0.717, 1.165) is 18.8 Å². The molecule has 0 aliphatic carbocycles. The monoisotopic (exact) mass is 347 g/mol. The zero-order valence-corrected chi connectivity index (χ0v) is 14.5. The van der Waals surface area contributed by atoms with Crippen molar-refractivity contribution < 1.29 is 13.5 Å². The zero-order valence-electron chi connectivity index (χ0n) is 13.7. The topological polar surface area (TPSA) is 82.0 Å². The number of nitrogens with zero attached hydrogens (tertiary/aromatic N) is 2. The van der Waals surface area contributed by atoms with E-state index in [1.165, 1.54) is 18.3 Å². The lowest BCUT2D eigenvalue weighted by atomic mass is 10.2. The molecular formula is C17H21N3O3S. The van der Waals surface area contributed by atoms with E-state index in [9.17, 15) is 13.5 Å². The normalized spacial score (nSPS) is 11.6. The van der Waals surface area contributed by atoms with Gasteiger partial charge in [-0.2, -0.15) is 13.5 Å². The molecule has 2 aromatic rings. The van der Waals surface area contributed by atoms with Crippen LogP contribution in [0.3, 0.4) is 0 Å². The molecular weight excluding hydrogens is 326 g/mol. The molecule has 0 aliphatic rings. The van der Waals surface area contributed by atoms with Gasteiger partial charge in [-0.25, -0.2) is 4.83 Å². The highest BCUT2D eigenvalue weighted by Gasteiger charge is 2.11. The Morgan fingerprint density at radius 2 is 1.79 bits per heavy atom. The van der Waals surface area contributed by atoms with Crippen molar-refractivity contribution in [3.63, 3.8) is 0 Å². The molecule has 0 aromatic heterocycles. The lowest BCUT2D eigenvalue weighted by Gasteiger charge is -2.21. The van der Waals surface area contributed by atoms with Crippen LogP contribution in [0.1, 0.15) is 19.4 Å². The van der Waals surface area contributed by atoms with Gasteiger partial charge in [0.05, 0.1) is 11.1 Å². The van der Waals surface area contributed by atoms with E-state index in [0.29, 0.717) is 5.56 Å². The molecule has 0 aliphatic heterocycles. The van der Waals surface area contributed by atoms with E-state index in [-0.39, 0.29) is 10.6 Å². The van der Waals surface area contributed by atoms with Crippen LogP contribution in [0.25, 0.3) is 0 Å². The molecule has 128 valence electrons. The number of rotatable bonds is 7.